The molecule has 3 nitrogen and oxygen atoms in total. The molecule has 0 saturated heterocycles. The van der Waals surface area contributed by atoms with E-state index in [-0.39, 0.29) is 18.3 Å². The van der Waals surface area contributed by atoms with Crippen molar-refractivity contribution in [2.24, 2.45) is 0 Å². The third kappa shape index (κ3) is 5.71. The van der Waals surface area contributed by atoms with Crippen LogP contribution in [0.2, 0.25) is 5.02 Å². The fraction of sp³-hybridized carbons (Fsp3) is 0.462. The summed E-state index contributed by atoms with van der Waals surface area (Å²) >= 11 is 5.82. The molecule has 0 bridgehead atoms. The van der Waals surface area contributed by atoms with Gasteiger partial charge in [-0.15, -0.1) is 12.4 Å². The lowest BCUT2D eigenvalue weighted by Crippen LogP contribution is -2.32. The SMILES string of the molecule is CCN(Cc1ccc(Cl)cc1)C(=O)CCNC.Cl. The van der Waals surface area contributed by atoms with Crippen molar-refractivity contribution in [3.63, 3.8) is 0 Å². The van der Waals surface area contributed by atoms with Gasteiger partial charge in [0.05, 0.1) is 0 Å². The molecule has 1 rings (SSSR count). The predicted molar refractivity (Wildman–Crippen MR) is 78.3 cm³/mol. The number of hydrogen-bond donors (Lipinski definition) is 1. The molecule has 5 heteroatoms. The number of amides is 1. The number of carbonyl (C=O) groups excluding carboxylic acids is 1. The largest absolute Gasteiger partial charge is 0.339 e. The Morgan fingerprint density at radius 1 is 1.33 bits per heavy atom. The standard InChI is InChI=1S/C13H19ClN2O.ClH/c1-3-16(13(17)8-9-15-2)10-11-4-6-12(14)7-5-11;/h4-7,15H,3,8-10H2,1-2H3;1H. The second-order valence-corrected chi connectivity index (χ2v) is 4.32. The summed E-state index contributed by atoms with van der Waals surface area (Å²) in [5.41, 5.74) is 1.11. The van der Waals surface area contributed by atoms with Crippen LogP contribution in [0.4, 0.5) is 0 Å². The summed E-state index contributed by atoms with van der Waals surface area (Å²) < 4.78 is 0. The molecule has 1 aromatic rings. The lowest BCUT2D eigenvalue weighted by atomic mass is 10.2. The van der Waals surface area contributed by atoms with Gasteiger partial charge in [-0.1, -0.05) is 23.7 Å². The molecule has 0 aliphatic carbocycles. The highest BCUT2D eigenvalue weighted by molar-refractivity contribution is 6.30. The molecular weight excluding hydrogens is 271 g/mol. The molecule has 1 amide bonds. The monoisotopic (exact) mass is 290 g/mol. The van der Waals surface area contributed by atoms with Crippen LogP contribution < -0.4 is 5.32 Å². The van der Waals surface area contributed by atoms with Crippen LogP contribution in [-0.4, -0.2) is 30.9 Å². The molecule has 0 fully saturated rings. The van der Waals surface area contributed by atoms with Gasteiger partial charge in [-0.2, -0.15) is 0 Å². The zero-order valence-corrected chi connectivity index (χ0v) is 12.4. The summed E-state index contributed by atoms with van der Waals surface area (Å²) in [5, 5.41) is 3.70. The average Bonchev–Trinajstić information content (AvgIpc) is 2.35. The van der Waals surface area contributed by atoms with E-state index in [0.717, 1.165) is 23.7 Å². The highest BCUT2D eigenvalue weighted by Gasteiger charge is 2.11. The van der Waals surface area contributed by atoms with Crippen molar-refractivity contribution >= 4 is 29.9 Å². The normalized spacial score (nSPS) is 9.72. The summed E-state index contributed by atoms with van der Waals surface area (Å²) in [4.78, 5) is 13.7. The van der Waals surface area contributed by atoms with E-state index in [1.54, 1.807) is 0 Å². The van der Waals surface area contributed by atoms with E-state index in [4.69, 9.17) is 11.6 Å². The van der Waals surface area contributed by atoms with Gasteiger partial charge in [0, 0.05) is 31.1 Å². The number of nitrogens with zero attached hydrogens (tertiary/aromatic N) is 1. The van der Waals surface area contributed by atoms with Gasteiger partial charge in [0.2, 0.25) is 5.91 Å². The molecule has 0 aromatic heterocycles. The van der Waals surface area contributed by atoms with Crippen molar-refractivity contribution in [3.8, 4) is 0 Å². The summed E-state index contributed by atoms with van der Waals surface area (Å²) in [6.45, 7) is 4.09. The third-order valence-corrected chi connectivity index (χ3v) is 2.86. The minimum Gasteiger partial charge on any atom is -0.339 e. The Balaban J connectivity index is 0.00000289. The highest BCUT2D eigenvalue weighted by atomic mass is 35.5. The number of halogens is 2. The van der Waals surface area contributed by atoms with Crippen LogP contribution in [0.1, 0.15) is 18.9 Å². The Kier molecular flexibility index (Phi) is 8.81. The maximum absolute atomic E-state index is 11.9. The van der Waals surface area contributed by atoms with Crippen molar-refractivity contribution in [3.05, 3.63) is 34.9 Å². The van der Waals surface area contributed by atoms with Gasteiger partial charge in [0.15, 0.2) is 0 Å². The Bertz CT molecular complexity index is 355. The Morgan fingerprint density at radius 2 is 1.94 bits per heavy atom. The van der Waals surface area contributed by atoms with Crippen LogP contribution >= 0.6 is 24.0 Å². The maximum atomic E-state index is 11.9. The highest BCUT2D eigenvalue weighted by Crippen LogP contribution is 2.11. The van der Waals surface area contributed by atoms with Gasteiger partial charge in [-0.25, -0.2) is 0 Å². The smallest absolute Gasteiger partial charge is 0.224 e. The first-order chi connectivity index (χ1) is 8.17. The molecule has 0 spiro atoms. The van der Waals surface area contributed by atoms with Crippen LogP contribution in [0.3, 0.4) is 0 Å². The molecule has 1 aromatic carbocycles. The van der Waals surface area contributed by atoms with Crippen LogP contribution in [0.15, 0.2) is 24.3 Å². The van der Waals surface area contributed by atoms with E-state index < -0.39 is 0 Å². The van der Waals surface area contributed by atoms with Gasteiger partial charge < -0.3 is 10.2 Å². The minimum atomic E-state index is 0. The molecule has 102 valence electrons. The molecule has 0 radical (unpaired) electrons. The first kappa shape index (κ1) is 17.2. The van der Waals surface area contributed by atoms with E-state index in [9.17, 15) is 4.79 Å². The summed E-state index contributed by atoms with van der Waals surface area (Å²) in [6.07, 6.45) is 0.540. The van der Waals surface area contributed by atoms with E-state index in [0.29, 0.717) is 13.0 Å². The molecule has 0 atom stereocenters. The second kappa shape index (κ2) is 9.20. The molecule has 0 unspecified atom stereocenters. The van der Waals surface area contributed by atoms with Crippen molar-refractivity contribution in [1.29, 1.82) is 0 Å². The van der Waals surface area contributed by atoms with Crippen LogP contribution in [0, 0.1) is 0 Å². The van der Waals surface area contributed by atoms with Crippen LogP contribution in [-0.2, 0) is 11.3 Å². The number of hydrogen-bond acceptors (Lipinski definition) is 2. The molecule has 0 heterocycles. The fourth-order valence-corrected chi connectivity index (χ4v) is 1.70. The molecule has 1 N–H and O–H groups in total. The number of carbonyl (C=O) groups is 1. The molecule has 0 aliphatic rings. The Hall–Kier alpha value is -0.770. The van der Waals surface area contributed by atoms with Crippen LogP contribution in [0.25, 0.3) is 0 Å². The zero-order valence-electron chi connectivity index (χ0n) is 10.8. The zero-order chi connectivity index (χ0) is 12.7. The lowest BCUT2D eigenvalue weighted by Gasteiger charge is -2.21. The quantitative estimate of drug-likeness (QED) is 0.874. The number of benzene rings is 1. The van der Waals surface area contributed by atoms with E-state index in [1.165, 1.54) is 0 Å². The summed E-state index contributed by atoms with van der Waals surface area (Å²) in [7, 11) is 1.85. The second-order valence-electron chi connectivity index (χ2n) is 3.89. The lowest BCUT2D eigenvalue weighted by molar-refractivity contribution is -0.131. The predicted octanol–water partition coefficient (Wildman–Crippen LogP) is 2.72. The van der Waals surface area contributed by atoms with Crippen molar-refractivity contribution in [2.45, 2.75) is 19.9 Å². The Labute approximate surface area is 120 Å². The number of rotatable bonds is 6. The van der Waals surface area contributed by atoms with Gasteiger partial charge in [-0.3, -0.25) is 4.79 Å². The van der Waals surface area contributed by atoms with E-state index in [2.05, 4.69) is 5.32 Å². The summed E-state index contributed by atoms with van der Waals surface area (Å²) in [6, 6.07) is 7.61. The minimum absolute atomic E-state index is 0. The molecular formula is C13H20Cl2N2O. The van der Waals surface area contributed by atoms with Crippen LogP contribution in [0.5, 0.6) is 0 Å². The first-order valence-electron chi connectivity index (χ1n) is 5.84. The fourth-order valence-electron chi connectivity index (χ4n) is 1.58. The molecule has 0 aliphatic heterocycles. The van der Waals surface area contributed by atoms with Crippen molar-refractivity contribution < 1.29 is 4.79 Å². The maximum Gasteiger partial charge on any atom is 0.224 e. The van der Waals surface area contributed by atoms with Crippen molar-refractivity contribution in [1.82, 2.24) is 10.2 Å². The third-order valence-electron chi connectivity index (χ3n) is 2.61. The van der Waals surface area contributed by atoms with Gasteiger partial charge >= 0.3 is 0 Å². The van der Waals surface area contributed by atoms with E-state index >= 15 is 0 Å². The number of nitrogens with one attached hydrogen (secondary N) is 1. The first-order valence-corrected chi connectivity index (χ1v) is 6.22. The molecule has 0 saturated carbocycles. The van der Waals surface area contributed by atoms with Gasteiger partial charge in [-0.05, 0) is 31.7 Å². The average molecular weight is 291 g/mol. The summed E-state index contributed by atoms with van der Waals surface area (Å²) in [5.74, 6) is 0.178. The Morgan fingerprint density at radius 3 is 2.44 bits per heavy atom. The van der Waals surface area contributed by atoms with Gasteiger partial charge in [0.25, 0.3) is 0 Å². The van der Waals surface area contributed by atoms with Gasteiger partial charge in [0.1, 0.15) is 0 Å². The molecule has 18 heavy (non-hydrogen) atoms. The topological polar surface area (TPSA) is 32.3 Å². The van der Waals surface area contributed by atoms with E-state index in [1.807, 2.05) is 43.1 Å². The van der Waals surface area contributed by atoms with Crippen molar-refractivity contribution in [2.75, 3.05) is 20.1 Å².